The van der Waals surface area contributed by atoms with Crippen molar-refractivity contribution in [3.63, 3.8) is 0 Å². The van der Waals surface area contributed by atoms with Gasteiger partial charge >= 0.3 is 0 Å². The second-order valence-electron chi connectivity index (χ2n) is 6.48. The summed E-state index contributed by atoms with van der Waals surface area (Å²) in [6.07, 6.45) is 2.08. The highest BCUT2D eigenvalue weighted by Gasteiger charge is 2.25. The Morgan fingerprint density at radius 2 is 1.87 bits per heavy atom. The predicted octanol–water partition coefficient (Wildman–Crippen LogP) is 4.39. The van der Waals surface area contributed by atoms with Crippen LogP contribution in [-0.2, 0) is 13.0 Å². The maximum absolute atomic E-state index is 6.29. The van der Waals surface area contributed by atoms with Crippen LogP contribution in [0.1, 0.15) is 17.5 Å². The van der Waals surface area contributed by atoms with Gasteiger partial charge in [0.2, 0.25) is 0 Å². The summed E-state index contributed by atoms with van der Waals surface area (Å²) in [7, 11) is 0. The van der Waals surface area contributed by atoms with E-state index in [-0.39, 0.29) is 6.04 Å². The van der Waals surface area contributed by atoms with Crippen LogP contribution in [0.2, 0.25) is 10.0 Å². The van der Waals surface area contributed by atoms with Gasteiger partial charge in [0, 0.05) is 35.7 Å². The summed E-state index contributed by atoms with van der Waals surface area (Å²) in [5.41, 5.74) is 8.75. The molecular formula is C19H22Cl2N2. The summed E-state index contributed by atoms with van der Waals surface area (Å²) in [6, 6.07) is 16.4. The summed E-state index contributed by atoms with van der Waals surface area (Å²) in [4.78, 5) is 2.42. The van der Waals surface area contributed by atoms with Gasteiger partial charge in [-0.05, 0) is 48.1 Å². The fourth-order valence-corrected chi connectivity index (χ4v) is 3.90. The third-order valence-electron chi connectivity index (χ3n) is 4.41. The van der Waals surface area contributed by atoms with Gasteiger partial charge in [-0.25, -0.2) is 0 Å². The molecule has 0 radical (unpaired) electrons. The Morgan fingerprint density at radius 1 is 1.04 bits per heavy atom. The molecule has 0 saturated carbocycles. The van der Waals surface area contributed by atoms with E-state index in [0.717, 1.165) is 42.5 Å². The molecule has 2 aromatic carbocycles. The second kappa shape index (κ2) is 7.67. The number of hydrogen-bond acceptors (Lipinski definition) is 2. The van der Waals surface area contributed by atoms with Gasteiger partial charge in [0.15, 0.2) is 0 Å². The summed E-state index contributed by atoms with van der Waals surface area (Å²) < 4.78 is 0. The zero-order valence-electron chi connectivity index (χ0n) is 13.1. The van der Waals surface area contributed by atoms with Gasteiger partial charge in [0.25, 0.3) is 0 Å². The van der Waals surface area contributed by atoms with Gasteiger partial charge in [-0.2, -0.15) is 0 Å². The monoisotopic (exact) mass is 348 g/mol. The average Bonchev–Trinajstić information content (AvgIpc) is 2.49. The molecule has 2 atom stereocenters. The lowest BCUT2D eigenvalue weighted by Gasteiger charge is -2.36. The van der Waals surface area contributed by atoms with Crippen LogP contribution < -0.4 is 5.73 Å². The smallest absolute Gasteiger partial charge is 0.0451 e. The molecule has 23 heavy (non-hydrogen) atoms. The highest BCUT2D eigenvalue weighted by Crippen LogP contribution is 2.25. The topological polar surface area (TPSA) is 29.3 Å². The van der Waals surface area contributed by atoms with E-state index in [4.69, 9.17) is 28.9 Å². The van der Waals surface area contributed by atoms with Crippen LogP contribution in [0.3, 0.4) is 0 Å². The fraction of sp³-hybridized carbons (Fsp3) is 0.368. The van der Waals surface area contributed by atoms with Gasteiger partial charge in [0.1, 0.15) is 0 Å². The van der Waals surface area contributed by atoms with Crippen molar-refractivity contribution >= 4 is 23.2 Å². The minimum atomic E-state index is 0.218. The van der Waals surface area contributed by atoms with Crippen LogP contribution in [0.25, 0.3) is 0 Å². The fourth-order valence-electron chi connectivity index (χ4n) is 3.49. The van der Waals surface area contributed by atoms with E-state index >= 15 is 0 Å². The van der Waals surface area contributed by atoms with Crippen molar-refractivity contribution in [2.75, 3.05) is 13.1 Å². The van der Waals surface area contributed by atoms with E-state index in [0.29, 0.717) is 5.92 Å². The molecule has 2 unspecified atom stereocenters. The molecule has 0 bridgehead atoms. The van der Waals surface area contributed by atoms with Gasteiger partial charge in [0.05, 0.1) is 0 Å². The minimum absolute atomic E-state index is 0.218. The van der Waals surface area contributed by atoms with Gasteiger partial charge in [-0.3, -0.25) is 4.90 Å². The molecule has 0 aromatic heterocycles. The molecule has 0 aliphatic carbocycles. The first-order valence-corrected chi connectivity index (χ1v) is 8.81. The Bertz CT molecular complexity index is 659. The highest BCUT2D eigenvalue weighted by atomic mass is 35.5. The molecule has 2 N–H and O–H groups in total. The Morgan fingerprint density at radius 3 is 2.65 bits per heavy atom. The third-order valence-corrected chi connectivity index (χ3v) is 5.01. The first kappa shape index (κ1) is 16.8. The van der Waals surface area contributed by atoms with E-state index in [1.54, 1.807) is 0 Å². The van der Waals surface area contributed by atoms with Crippen molar-refractivity contribution in [2.24, 2.45) is 11.7 Å². The third kappa shape index (κ3) is 4.71. The molecule has 122 valence electrons. The predicted molar refractivity (Wildman–Crippen MR) is 98.0 cm³/mol. The number of piperidine rings is 1. The lowest BCUT2D eigenvalue weighted by Crippen LogP contribution is -2.47. The Kier molecular flexibility index (Phi) is 5.60. The zero-order chi connectivity index (χ0) is 16.2. The number of benzene rings is 2. The summed E-state index contributed by atoms with van der Waals surface area (Å²) in [6.45, 7) is 2.84. The average molecular weight is 349 g/mol. The summed E-state index contributed by atoms with van der Waals surface area (Å²) >= 11 is 12.4. The number of hydrogen-bond donors (Lipinski definition) is 1. The van der Waals surface area contributed by atoms with E-state index in [9.17, 15) is 0 Å². The van der Waals surface area contributed by atoms with Crippen LogP contribution >= 0.6 is 23.2 Å². The van der Waals surface area contributed by atoms with E-state index < -0.39 is 0 Å². The lowest BCUT2D eigenvalue weighted by molar-refractivity contribution is 0.149. The molecule has 1 saturated heterocycles. The molecule has 3 rings (SSSR count). The van der Waals surface area contributed by atoms with Crippen LogP contribution in [-0.4, -0.2) is 24.0 Å². The van der Waals surface area contributed by atoms with Crippen molar-refractivity contribution in [3.8, 4) is 0 Å². The van der Waals surface area contributed by atoms with Gasteiger partial charge in [-0.15, -0.1) is 0 Å². The zero-order valence-corrected chi connectivity index (χ0v) is 14.6. The number of nitrogens with two attached hydrogens (primary N) is 1. The maximum Gasteiger partial charge on any atom is 0.0451 e. The first-order chi connectivity index (χ1) is 11.1. The van der Waals surface area contributed by atoms with Crippen molar-refractivity contribution in [1.82, 2.24) is 4.90 Å². The molecule has 1 aliphatic heterocycles. The van der Waals surface area contributed by atoms with Crippen molar-refractivity contribution in [1.29, 1.82) is 0 Å². The molecule has 0 amide bonds. The first-order valence-electron chi connectivity index (χ1n) is 8.06. The Hall–Kier alpha value is -1.06. The van der Waals surface area contributed by atoms with Crippen molar-refractivity contribution in [2.45, 2.75) is 25.4 Å². The molecule has 2 nitrogen and oxygen atoms in total. The number of nitrogens with zero attached hydrogens (tertiary/aromatic N) is 1. The summed E-state index contributed by atoms with van der Waals surface area (Å²) in [5.74, 6) is 0.555. The van der Waals surface area contributed by atoms with Gasteiger partial charge in [-0.1, -0.05) is 53.5 Å². The van der Waals surface area contributed by atoms with Crippen molar-refractivity contribution < 1.29 is 0 Å². The minimum Gasteiger partial charge on any atom is -0.327 e. The molecule has 1 aliphatic rings. The van der Waals surface area contributed by atoms with Crippen LogP contribution in [0.5, 0.6) is 0 Å². The van der Waals surface area contributed by atoms with E-state index in [1.807, 2.05) is 30.3 Å². The van der Waals surface area contributed by atoms with Crippen LogP contribution in [0, 0.1) is 5.92 Å². The lowest BCUT2D eigenvalue weighted by atomic mass is 9.89. The molecular weight excluding hydrogens is 327 g/mol. The molecule has 0 spiro atoms. The Labute approximate surface area is 148 Å². The van der Waals surface area contributed by atoms with Gasteiger partial charge < -0.3 is 5.73 Å². The standard InChI is InChI=1S/C19H22Cl2N2/c20-17-6-3-4-14(9-17)8-15-10-18(22)13-23(11-15)12-16-5-1-2-7-19(16)21/h1-7,9,15,18H,8,10-13,22H2. The van der Waals surface area contributed by atoms with E-state index in [2.05, 4.69) is 23.1 Å². The van der Waals surface area contributed by atoms with Crippen LogP contribution in [0.15, 0.2) is 48.5 Å². The molecule has 1 fully saturated rings. The van der Waals surface area contributed by atoms with Crippen molar-refractivity contribution in [3.05, 3.63) is 69.7 Å². The second-order valence-corrected chi connectivity index (χ2v) is 7.32. The number of halogens is 2. The highest BCUT2D eigenvalue weighted by molar-refractivity contribution is 6.31. The Balaban J connectivity index is 1.66. The molecule has 4 heteroatoms. The largest absolute Gasteiger partial charge is 0.327 e. The molecule has 2 aromatic rings. The normalized spacial score (nSPS) is 22.2. The number of likely N-dealkylation sites (tertiary alicyclic amines) is 1. The summed E-state index contributed by atoms with van der Waals surface area (Å²) in [5, 5.41) is 1.63. The van der Waals surface area contributed by atoms with Crippen LogP contribution in [0.4, 0.5) is 0 Å². The van der Waals surface area contributed by atoms with E-state index in [1.165, 1.54) is 11.1 Å². The molecule has 1 heterocycles. The number of rotatable bonds is 4. The quantitative estimate of drug-likeness (QED) is 0.887. The SMILES string of the molecule is NC1CC(Cc2cccc(Cl)c2)CN(Cc2ccccc2Cl)C1. The maximum atomic E-state index is 6.29.